The second-order valence-corrected chi connectivity index (χ2v) is 6.68. The first-order valence-corrected chi connectivity index (χ1v) is 8.67. The lowest BCUT2D eigenvalue weighted by Gasteiger charge is -2.32. The van der Waals surface area contributed by atoms with E-state index in [9.17, 15) is 8.78 Å². The first-order chi connectivity index (χ1) is 11.5. The number of nitrogens with two attached hydrogens (primary N) is 1. The molecule has 0 radical (unpaired) electrons. The molecule has 1 saturated carbocycles. The summed E-state index contributed by atoms with van der Waals surface area (Å²) in [6.45, 7) is 1.73. The van der Waals surface area contributed by atoms with E-state index in [0.29, 0.717) is 12.5 Å². The standard InChI is InChI=1S/C18H25F2N3O/c1-2-18(16(20)10-24-11-17(21)23-18)14-9-13(7-8-15(14)19)22-12-5-3-4-6-12/h7-9,12,16,22H,2-6,10-11H2,1H3,(H2,21,23)/t16?,18-/m1/s1. The Morgan fingerprint density at radius 1 is 1.38 bits per heavy atom. The van der Waals surface area contributed by atoms with E-state index < -0.39 is 17.5 Å². The second-order valence-electron chi connectivity index (χ2n) is 6.68. The average Bonchev–Trinajstić information content (AvgIpc) is 3.02. The summed E-state index contributed by atoms with van der Waals surface area (Å²) in [6.07, 6.45) is 3.49. The molecular weight excluding hydrogens is 312 g/mol. The maximum atomic E-state index is 14.9. The number of aliphatic imine (C=N–C) groups is 1. The number of benzene rings is 1. The topological polar surface area (TPSA) is 59.6 Å². The highest BCUT2D eigenvalue weighted by Crippen LogP contribution is 2.39. The quantitative estimate of drug-likeness (QED) is 0.884. The summed E-state index contributed by atoms with van der Waals surface area (Å²) in [5, 5.41) is 3.43. The maximum Gasteiger partial charge on any atom is 0.153 e. The van der Waals surface area contributed by atoms with Gasteiger partial charge in [0.05, 0.1) is 6.61 Å². The molecule has 0 amide bonds. The van der Waals surface area contributed by atoms with E-state index in [-0.39, 0.29) is 24.6 Å². The lowest BCUT2D eigenvalue weighted by atomic mass is 9.83. The Morgan fingerprint density at radius 2 is 2.12 bits per heavy atom. The Bertz CT molecular complexity index is 616. The number of nitrogens with one attached hydrogen (secondary N) is 1. The zero-order chi connectivity index (χ0) is 17.2. The minimum atomic E-state index is -1.44. The van der Waals surface area contributed by atoms with E-state index in [1.54, 1.807) is 19.1 Å². The minimum absolute atomic E-state index is 0.0732. The van der Waals surface area contributed by atoms with Gasteiger partial charge in [0.2, 0.25) is 0 Å². The van der Waals surface area contributed by atoms with Gasteiger partial charge in [-0.05, 0) is 37.5 Å². The van der Waals surface area contributed by atoms with E-state index in [1.165, 1.54) is 18.9 Å². The monoisotopic (exact) mass is 337 g/mol. The van der Waals surface area contributed by atoms with E-state index in [0.717, 1.165) is 18.5 Å². The number of nitrogens with zero attached hydrogens (tertiary/aromatic N) is 1. The predicted octanol–water partition coefficient (Wildman–Crippen LogP) is 3.51. The van der Waals surface area contributed by atoms with Crippen molar-refractivity contribution in [3.05, 3.63) is 29.6 Å². The van der Waals surface area contributed by atoms with Gasteiger partial charge in [-0.25, -0.2) is 8.78 Å². The molecule has 1 fully saturated rings. The highest BCUT2D eigenvalue weighted by Gasteiger charge is 2.43. The van der Waals surface area contributed by atoms with Crippen molar-refractivity contribution < 1.29 is 13.5 Å². The fourth-order valence-electron chi connectivity index (χ4n) is 3.74. The molecule has 2 atom stereocenters. The normalized spacial score (nSPS) is 28.5. The highest BCUT2D eigenvalue weighted by molar-refractivity contribution is 5.82. The summed E-state index contributed by atoms with van der Waals surface area (Å²) in [7, 11) is 0. The molecule has 1 aliphatic heterocycles. The van der Waals surface area contributed by atoms with Crippen molar-refractivity contribution in [1.29, 1.82) is 0 Å². The minimum Gasteiger partial charge on any atom is -0.386 e. The van der Waals surface area contributed by atoms with Crippen LogP contribution < -0.4 is 11.1 Å². The lowest BCUT2D eigenvalue weighted by molar-refractivity contribution is 0.0679. The van der Waals surface area contributed by atoms with Crippen LogP contribution in [0.4, 0.5) is 14.5 Å². The van der Waals surface area contributed by atoms with Crippen LogP contribution in [0.5, 0.6) is 0 Å². The van der Waals surface area contributed by atoms with Gasteiger partial charge in [0.15, 0.2) is 6.17 Å². The van der Waals surface area contributed by atoms with Gasteiger partial charge >= 0.3 is 0 Å². The zero-order valence-electron chi connectivity index (χ0n) is 14.0. The van der Waals surface area contributed by atoms with Crippen molar-refractivity contribution in [1.82, 2.24) is 0 Å². The summed E-state index contributed by atoms with van der Waals surface area (Å²) in [6, 6.07) is 5.17. The lowest BCUT2D eigenvalue weighted by Crippen LogP contribution is -2.38. The van der Waals surface area contributed by atoms with Gasteiger partial charge < -0.3 is 15.8 Å². The zero-order valence-corrected chi connectivity index (χ0v) is 14.0. The molecule has 0 bridgehead atoms. The Balaban J connectivity index is 1.99. The molecule has 0 aromatic heterocycles. The van der Waals surface area contributed by atoms with Gasteiger partial charge in [0.1, 0.15) is 23.8 Å². The van der Waals surface area contributed by atoms with Gasteiger partial charge in [0.25, 0.3) is 0 Å². The molecule has 1 aliphatic carbocycles. The molecular formula is C18H25F2N3O. The third-order valence-electron chi connectivity index (χ3n) is 5.07. The number of ether oxygens (including phenoxy) is 1. The van der Waals surface area contributed by atoms with Crippen LogP contribution >= 0.6 is 0 Å². The van der Waals surface area contributed by atoms with Gasteiger partial charge in [-0.1, -0.05) is 19.8 Å². The van der Waals surface area contributed by atoms with Gasteiger partial charge in [-0.15, -0.1) is 0 Å². The van der Waals surface area contributed by atoms with E-state index in [4.69, 9.17) is 10.5 Å². The Kier molecular flexibility index (Phi) is 5.04. The third-order valence-corrected chi connectivity index (χ3v) is 5.07. The highest BCUT2D eigenvalue weighted by atomic mass is 19.1. The molecule has 1 aromatic rings. The molecule has 24 heavy (non-hydrogen) atoms. The molecule has 6 heteroatoms. The summed E-state index contributed by atoms with van der Waals surface area (Å²) in [5.74, 6) is -0.263. The molecule has 3 N–H and O–H groups in total. The summed E-state index contributed by atoms with van der Waals surface area (Å²) >= 11 is 0. The number of amidine groups is 1. The first kappa shape index (κ1) is 17.1. The molecule has 1 unspecified atom stereocenters. The van der Waals surface area contributed by atoms with Gasteiger partial charge in [-0.2, -0.15) is 0 Å². The van der Waals surface area contributed by atoms with E-state index in [2.05, 4.69) is 10.3 Å². The van der Waals surface area contributed by atoms with E-state index in [1.807, 2.05) is 0 Å². The molecule has 132 valence electrons. The molecule has 1 heterocycles. The summed E-state index contributed by atoms with van der Waals surface area (Å²) in [4.78, 5) is 4.34. The molecule has 1 aromatic carbocycles. The van der Waals surface area contributed by atoms with Crippen LogP contribution in [0.15, 0.2) is 23.2 Å². The van der Waals surface area contributed by atoms with Gasteiger partial charge in [0, 0.05) is 17.3 Å². The number of hydrogen-bond donors (Lipinski definition) is 2. The van der Waals surface area contributed by atoms with Crippen molar-refractivity contribution in [2.75, 3.05) is 18.5 Å². The van der Waals surface area contributed by atoms with Crippen LogP contribution in [0, 0.1) is 5.82 Å². The average molecular weight is 337 g/mol. The smallest absolute Gasteiger partial charge is 0.153 e. The van der Waals surface area contributed by atoms with Crippen LogP contribution in [-0.4, -0.2) is 31.3 Å². The van der Waals surface area contributed by atoms with E-state index >= 15 is 0 Å². The molecule has 3 rings (SSSR count). The van der Waals surface area contributed by atoms with Crippen LogP contribution in [0.2, 0.25) is 0 Å². The third kappa shape index (κ3) is 3.24. The summed E-state index contributed by atoms with van der Waals surface area (Å²) < 4.78 is 34.7. The Labute approximate surface area is 141 Å². The number of alkyl halides is 1. The fraction of sp³-hybridized carbons (Fsp3) is 0.611. The van der Waals surface area contributed by atoms with Crippen LogP contribution in [0.1, 0.15) is 44.6 Å². The number of halogens is 2. The molecule has 0 saturated heterocycles. The number of rotatable bonds is 4. The fourth-order valence-corrected chi connectivity index (χ4v) is 3.74. The maximum absolute atomic E-state index is 14.9. The van der Waals surface area contributed by atoms with Crippen LogP contribution in [0.25, 0.3) is 0 Å². The predicted molar refractivity (Wildman–Crippen MR) is 91.6 cm³/mol. The SMILES string of the molecule is CC[C@]1(c2cc(NC3CCCC3)ccc2F)N=C(N)COCC1F. The van der Waals surface area contributed by atoms with Crippen molar-refractivity contribution in [3.63, 3.8) is 0 Å². The van der Waals surface area contributed by atoms with Crippen LogP contribution in [-0.2, 0) is 10.3 Å². The first-order valence-electron chi connectivity index (χ1n) is 8.67. The van der Waals surface area contributed by atoms with Crippen molar-refractivity contribution in [2.45, 2.75) is 56.8 Å². The van der Waals surface area contributed by atoms with Crippen molar-refractivity contribution >= 4 is 11.5 Å². The van der Waals surface area contributed by atoms with Crippen molar-refractivity contribution in [3.8, 4) is 0 Å². The van der Waals surface area contributed by atoms with Gasteiger partial charge in [-0.3, -0.25) is 4.99 Å². The largest absolute Gasteiger partial charge is 0.386 e. The van der Waals surface area contributed by atoms with Crippen molar-refractivity contribution in [2.24, 2.45) is 10.7 Å². The Morgan fingerprint density at radius 3 is 2.83 bits per heavy atom. The number of anilines is 1. The molecule has 4 nitrogen and oxygen atoms in total. The van der Waals surface area contributed by atoms with Crippen LogP contribution in [0.3, 0.4) is 0 Å². The summed E-state index contributed by atoms with van der Waals surface area (Å²) in [5.41, 5.74) is 5.54. The number of hydrogen-bond acceptors (Lipinski definition) is 4. The Hall–Kier alpha value is -1.69. The second kappa shape index (κ2) is 7.05. The molecule has 2 aliphatic rings. The molecule has 0 spiro atoms.